The van der Waals surface area contributed by atoms with Crippen LogP contribution in [0.3, 0.4) is 0 Å². The molecule has 0 unspecified atom stereocenters. The van der Waals surface area contributed by atoms with Gasteiger partial charge in [0.15, 0.2) is 5.78 Å². The third kappa shape index (κ3) is 2.30. The van der Waals surface area contributed by atoms with Gasteiger partial charge in [0.2, 0.25) is 5.88 Å². The normalized spacial score (nSPS) is 18.6. The summed E-state index contributed by atoms with van der Waals surface area (Å²) in [6.07, 6.45) is 0. The van der Waals surface area contributed by atoms with Crippen molar-refractivity contribution in [3.05, 3.63) is 58.2 Å². The standard InChI is InChI=1S/C16H16N2O2/c1-9-5-4-6-12(7-9)15-13(8-17)16(18)20-11(3)14(15)10(2)19/h4-7,15H,18H2,1-3H3/t15-/m1/s1. The van der Waals surface area contributed by atoms with E-state index >= 15 is 0 Å². The van der Waals surface area contributed by atoms with Gasteiger partial charge in [0.25, 0.3) is 0 Å². The van der Waals surface area contributed by atoms with Crippen molar-refractivity contribution in [1.82, 2.24) is 0 Å². The van der Waals surface area contributed by atoms with Gasteiger partial charge in [-0.3, -0.25) is 4.79 Å². The van der Waals surface area contributed by atoms with Gasteiger partial charge in [-0.25, -0.2) is 0 Å². The Morgan fingerprint density at radius 2 is 2.10 bits per heavy atom. The summed E-state index contributed by atoms with van der Waals surface area (Å²) >= 11 is 0. The summed E-state index contributed by atoms with van der Waals surface area (Å²) in [5.41, 5.74) is 8.50. The number of carbonyl (C=O) groups excluding carboxylic acids is 1. The van der Waals surface area contributed by atoms with Crippen LogP contribution in [-0.4, -0.2) is 5.78 Å². The summed E-state index contributed by atoms with van der Waals surface area (Å²) in [6, 6.07) is 9.78. The van der Waals surface area contributed by atoms with Crippen molar-refractivity contribution in [2.45, 2.75) is 26.7 Å². The molecule has 2 rings (SSSR count). The van der Waals surface area contributed by atoms with Gasteiger partial charge in [0.1, 0.15) is 17.4 Å². The predicted molar refractivity (Wildman–Crippen MR) is 75.2 cm³/mol. The maximum Gasteiger partial charge on any atom is 0.205 e. The number of aryl methyl sites for hydroxylation is 1. The van der Waals surface area contributed by atoms with Crippen molar-refractivity contribution >= 4 is 5.78 Å². The highest BCUT2D eigenvalue weighted by atomic mass is 16.5. The zero-order valence-corrected chi connectivity index (χ0v) is 11.7. The van der Waals surface area contributed by atoms with Crippen LogP contribution in [0.5, 0.6) is 0 Å². The molecule has 1 aliphatic heterocycles. The van der Waals surface area contributed by atoms with Crippen LogP contribution in [0.25, 0.3) is 0 Å². The highest BCUT2D eigenvalue weighted by molar-refractivity contribution is 5.96. The highest BCUT2D eigenvalue weighted by Crippen LogP contribution is 2.39. The van der Waals surface area contributed by atoms with Gasteiger partial charge >= 0.3 is 0 Å². The van der Waals surface area contributed by atoms with Crippen LogP contribution in [0.4, 0.5) is 0 Å². The summed E-state index contributed by atoms with van der Waals surface area (Å²) in [7, 11) is 0. The van der Waals surface area contributed by atoms with Crippen LogP contribution in [-0.2, 0) is 9.53 Å². The topological polar surface area (TPSA) is 76.1 Å². The maximum absolute atomic E-state index is 11.9. The molecule has 0 saturated carbocycles. The molecule has 0 aliphatic carbocycles. The van der Waals surface area contributed by atoms with Crippen LogP contribution in [0, 0.1) is 18.3 Å². The molecule has 102 valence electrons. The Morgan fingerprint density at radius 3 is 2.65 bits per heavy atom. The van der Waals surface area contributed by atoms with Crippen molar-refractivity contribution in [1.29, 1.82) is 5.26 Å². The van der Waals surface area contributed by atoms with Crippen LogP contribution in [0.2, 0.25) is 0 Å². The second-order valence-electron chi connectivity index (χ2n) is 4.86. The first-order chi connectivity index (χ1) is 9.45. The number of ether oxygens (including phenoxy) is 1. The number of Topliss-reactive ketones (excluding diaryl/α,β-unsaturated/α-hetero) is 1. The van der Waals surface area contributed by atoms with Gasteiger partial charge in [0, 0.05) is 5.57 Å². The number of rotatable bonds is 2. The summed E-state index contributed by atoms with van der Waals surface area (Å²) in [4.78, 5) is 11.9. The lowest BCUT2D eigenvalue weighted by atomic mass is 9.81. The van der Waals surface area contributed by atoms with Crippen molar-refractivity contribution in [2.75, 3.05) is 0 Å². The number of hydrogen-bond acceptors (Lipinski definition) is 4. The molecule has 1 aromatic rings. The number of carbonyl (C=O) groups is 1. The quantitative estimate of drug-likeness (QED) is 0.894. The fraction of sp³-hybridized carbons (Fsp3) is 0.250. The third-order valence-electron chi connectivity index (χ3n) is 3.36. The molecule has 2 N–H and O–H groups in total. The number of nitrogens with two attached hydrogens (primary N) is 1. The summed E-state index contributed by atoms with van der Waals surface area (Å²) in [6.45, 7) is 5.13. The molecule has 1 atom stereocenters. The van der Waals surface area contributed by atoms with Crippen LogP contribution >= 0.6 is 0 Å². The van der Waals surface area contributed by atoms with Gasteiger partial charge in [0.05, 0.1) is 5.92 Å². The van der Waals surface area contributed by atoms with Gasteiger partial charge in [-0.2, -0.15) is 5.26 Å². The van der Waals surface area contributed by atoms with Crippen molar-refractivity contribution in [2.24, 2.45) is 5.73 Å². The Bertz CT molecular complexity index is 678. The number of nitriles is 1. The molecule has 0 amide bonds. The Morgan fingerprint density at radius 1 is 1.40 bits per heavy atom. The van der Waals surface area contributed by atoms with Crippen molar-refractivity contribution < 1.29 is 9.53 Å². The lowest BCUT2D eigenvalue weighted by Crippen LogP contribution is -2.23. The molecule has 0 fully saturated rings. The van der Waals surface area contributed by atoms with E-state index in [1.807, 2.05) is 31.2 Å². The van der Waals surface area contributed by atoms with E-state index in [2.05, 4.69) is 6.07 Å². The Kier molecular flexibility index (Phi) is 3.62. The van der Waals surface area contributed by atoms with Crippen LogP contribution in [0.1, 0.15) is 30.9 Å². The van der Waals surface area contributed by atoms with E-state index in [9.17, 15) is 10.1 Å². The third-order valence-corrected chi connectivity index (χ3v) is 3.36. The van der Waals surface area contributed by atoms with Gasteiger partial charge in [-0.15, -0.1) is 0 Å². The lowest BCUT2D eigenvalue weighted by Gasteiger charge is -2.26. The number of hydrogen-bond donors (Lipinski definition) is 1. The molecule has 0 radical (unpaired) electrons. The average molecular weight is 268 g/mol. The highest BCUT2D eigenvalue weighted by Gasteiger charge is 2.33. The van der Waals surface area contributed by atoms with Gasteiger partial charge in [-0.1, -0.05) is 29.8 Å². The van der Waals surface area contributed by atoms with Crippen molar-refractivity contribution in [3.8, 4) is 6.07 Å². The SMILES string of the molecule is CC(=O)C1=C(C)OC(N)=C(C#N)[C@H]1c1cccc(C)c1. The number of ketones is 1. The molecule has 0 spiro atoms. The molecule has 4 heteroatoms. The molecule has 4 nitrogen and oxygen atoms in total. The fourth-order valence-corrected chi connectivity index (χ4v) is 2.52. The zero-order chi connectivity index (χ0) is 14.9. The Hall–Kier alpha value is -2.54. The first-order valence-electron chi connectivity index (χ1n) is 6.31. The number of nitrogens with zero attached hydrogens (tertiary/aromatic N) is 1. The largest absolute Gasteiger partial charge is 0.445 e. The van der Waals surface area contributed by atoms with Gasteiger partial charge in [-0.05, 0) is 26.3 Å². The van der Waals surface area contributed by atoms with E-state index in [1.54, 1.807) is 6.92 Å². The van der Waals surface area contributed by atoms with E-state index in [0.717, 1.165) is 11.1 Å². The molecule has 1 aliphatic rings. The molecule has 0 saturated heterocycles. The molecule has 1 heterocycles. The van der Waals surface area contributed by atoms with Crippen LogP contribution < -0.4 is 5.73 Å². The molecular formula is C16H16N2O2. The molecular weight excluding hydrogens is 252 g/mol. The molecule has 0 aromatic heterocycles. The number of allylic oxidation sites excluding steroid dienone is 3. The minimum absolute atomic E-state index is 0.0708. The molecule has 20 heavy (non-hydrogen) atoms. The van der Waals surface area contributed by atoms with E-state index < -0.39 is 5.92 Å². The van der Waals surface area contributed by atoms with E-state index in [0.29, 0.717) is 11.3 Å². The van der Waals surface area contributed by atoms with E-state index in [4.69, 9.17) is 10.5 Å². The number of benzene rings is 1. The maximum atomic E-state index is 11.9. The first kappa shape index (κ1) is 13.9. The van der Waals surface area contributed by atoms with Crippen molar-refractivity contribution in [3.63, 3.8) is 0 Å². The van der Waals surface area contributed by atoms with Crippen LogP contribution in [0.15, 0.2) is 47.1 Å². The fourth-order valence-electron chi connectivity index (χ4n) is 2.52. The monoisotopic (exact) mass is 268 g/mol. The first-order valence-corrected chi connectivity index (χ1v) is 6.31. The minimum atomic E-state index is -0.453. The Balaban J connectivity index is 2.67. The van der Waals surface area contributed by atoms with E-state index in [1.165, 1.54) is 6.92 Å². The second-order valence-corrected chi connectivity index (χ2v) is 4.86. The summed E-state index contributed by atoms with van der Waals surface area (Å²) < 4.78 is 5.34. The van der Waals surface area contributed by atoms with E-state index in [-0.39, 0.29) is 17.2 Å². The molecule has 1 aromatic carbocycles. The Labute approximate surface area is 118 Å². The summed E-state index contributed by atoms with van der Waals surface area (Å²) in [5.74, 6) is -0.0394. The molecule has 0 bridgehead atoms. The van der Waals surface area contributed by atoms with Gasteiger partial charge < -0.3 is 10.5 Å². The smallest absolute Gasteiger partial charge is 0.205 e. The second kappa shape index (κ2) is 5.22. The minimum Gasteiger partial charge on any atom is -0.445 e. The average Bonchev–Trinajstić information content (AvgIpc) is 2.37. The predicted octanol–water partition coefficient (Wildman–Crippen LogP) is 2.67. The summed E-state index contributed by atoms with van der Waals surface area (Å²) in [5, 5.41) is 9.35. The zero-order valence-electron chi connectivity index (χ0n) is 11.7. The lowest BCUT2D eigenvalue weighted by molar-refractivity contribution is -0.114.